The molecule has 0 spiro atoms. The van der Waals surface area contributed by atoms with E-state index in [0.717, 1.165) is 52.3 Å². The Morgan fingerprint density at radius 2 is 2.27 bits per heavy atom. The zero-order valence-corrected chi connectivity index (χ0v) is 17.8. The molecule has 5 heterocycles. The number of H-pyrrole nitrogens is 1. The molecule has 0 unspecified atom stereocenters. The van der Waals surface area contributed by atoms with Crippen LogP contribution in [0, 0.1) is 0 Å². The van der Waals surface area contributed by atoms with E-state index < -0.39 is 0 Å². The number of fused-ring (bicyclic) bond motifs is 4. The number of nitrogens with zero attached hydrogens (tertiary/aromatic N) is 6. The predicted molar refractivity (Wildman–Crippen MR) is 114 cm³/mol. The van der Waals surface area contributed by atoms with Gasteiger partial charge in [-0.3, -0.25) is 0 Å². The summed E-state index contributed by atoms with van der Waals surface area (Å²) >= 11 is 3.54. The molecule has 2 fully saturated rings. The van der Waals surface area contributed by atoms with Gasteiger partial charge in [-0.05, 0) is 34.5 Å². The van der Waals surface area contributed by atoms with Crippen LogP contribution >= 0.6 is 15.9 Å². The van der Waals surface area contributed by atoms with Gasteiger partial charge >= 0.3 is 0 Å². The van der Waals surface area contributed by atoms with Crippen molar-refractivity contribution in [2.75, 3.05) is 30.5 Å². The molecule has 0 radical (unpaired) electrons. The minimum Gasteiger partial charge on any atom is -0.497 e. The molecule has 10 nitrogen and oxygen atoms in total. The van der Waals surface area contributed by atoms with Gasteiger partial charge in [0.1, 0.15) is 11.6 Å². The highest BCUT2D eigenvalue weighted by molar-refractivity contribution is 9.10. The highest BCUT2D eigenvalue weighted by atomic mass is 79.9. The number of rotatable bonds is 5. The van der Waals surface area contributed by atoms with Gasteiger partial charge in [0.05, 0.1) is 54.1 Å². The van der Waals surface area contributed by atoms with Crippen LogP contribution in [0.1, 0.15) is 12.2 Å². The predicted octanol–water partition coefficient (Wildman–Crippen LogP) is 2.36. The van der Waals surface area contributed by atoms with E-state index in [0.29, 0.717) is 24.5 Å². The van der Waals surface area contributed by atoms with E-state index in [1.165, 1.54) is 0 Å². The Kier molecular flexibility index (Phi) is 4.06. The first kappa shape index (κ1) is 17.9. The fourth-order valence-corrected chi connectivity index (χ4v) is 4.49. The lowest BCUT2D eigenvalue weighted by Gasteiger charge is -2.27. The van der Waals surface area contributed by atoms with E-state index in [9.17, 15) is 0 Å². The molecule has 2 aliphatic rings. The molecule has 0 saturated carbocycles. The molecular weight excluding hydrogens is 452 g/mol. The van der Waals surface area contributed by atoms with Gasteiger partial charge < -0.3 is 24.7 Å². The summed E-state index contributed by atoms with van der Waals surface area (Å²) in [5.41, 5.74) is 2.53. The SMILES string of the molecule is COc1ccc2nc(CNc3nc(N4C[C@H]5C[C@@H]4CO5)nc4c(Br)cnn34)[nH]c2c1. The molecule has 3 aromatic heterocycles. The Bertz CT molecular complexity index is 1250. The van der Waals surface area contributed by atoms with Crippen molar-refractivity contribution in [2.24, 2.45) is 0 Å². The number of hydrogen-bond acceptors (Lipinski definition) is 8. The second-order valence-corrected chi connectivity index (χ2v) is 8.35. The molecule has 2 saturated heterocycles. The van der Waals surface area contributed by atoms with Crippen LogP contribution in [0.4, 0.5) is 11.9 Å². The number of hydrogen-bond donors (Lipinski definition) is 2. The van der Waals surface area contributed by atoms with Crippen molar-refractivity contribution < 1.29 is 9.47 Å². The molecule has 30 heavy (non-hydrogen) atoms. The molecule has 0 aliphatic carbocycles. The van der Waals surface area contributed by atoms with E-state index in [-0.39, 0.29) is 6.10 Å². The van der Waals surface area contributed by atoms with Crippen LogP contribution in [-0.4, -0.2) is 62.0 Å². The van der Waals surface area contributed by atoms with E-state index in [4.69, 9.17) is 19.4 Å². The highest BCUT2D eigenvalue weighted by Crippen LogP contribution is 2.32. The van der Waals surface area contributed by atoms with Crippen LogP contribution in [-0.2, 0) is 11.3 Å². The molecule has 4 aromatic rings. The van der Waals surface area contributed by atoms with Crippen molar-refractivity contribution in [2.45, 2.75) is 25.1 Å². The molecule has 1 aromatic carbocycles. The molecule has 2 N–H and O–H groups in total. The smallest absolute Gasteiger partial charge is 0.231 e. The Morgan fingerprint density at radius 3 is 3.07 bits per heavy atom. The van der Waals surface area contributed by atoms with E-state index >= 15 is 0 Å². The number of aromatic amines is 1. The zero-order chi connectivity index (χ0) is 20.2. The van der Waals surface area contributed by atoms with Crippen molar-refractivity contribution in [3.05, 3.63) is 34.7 Å². The summed E-state index contributed by atoms with van der Waals surface area (Å²) in [4.78, 5) is 19.7. The second kappa shape index (κ2) is 6.81. The average molecular weight is 471 g/mol. The Balaban J connectivity index is 1.32. The Hall–Kier alpha value is -2.92. The van der Waals surface area contributed by atoms with E-state index in [2.05, 4.69) is 41.2 Å². The van der Waals surface area contributed by atoms with Crippen molar-refractivity contribution in [1.82, 2.24) is 29.5 Å². The third kappa shape index (κ3) is 2.88. The van der Waals surface area contributed by atoms with Crippen molar-refractivity contribution >= 4 is 44.5 Å². The molecule has 11 heteroatoms. The summed E-state index contributed by atoms with van der Waals surface area (Å²) in [6.45, 7) is 2.01. The van der Waals surface area contributed by atoms with Gasteiger partial charge in [-0.15, -0.1) is 0 Å². The fourth-order valence-electron chi connectivity index (χ4n) is 4.14. The lowest BCUT2D eigenvalue weighted by molar-refractivity contribution is 0.0986. The number of halogens is 1. The van der Waals surface area contributed by atoms with E-state index in [1.54, 1.807) is 17.8 Å². The molecule has 2 aliphatic heterocycles. The first-order chi connectivity index (χ1) is 14.7. The van der Waals surface area contributed by atoms with Gasteiger partial charge in [0, 0.05) is 12.6 Å². The fraction of sp³-hybridized carbons (Fsp3) is 0.368. The highest BCUT2D eigenvalue weighted by Gasteiger charge is 2.40. The molecule has 6 rings (SSSR count). The molecule has 2 atom stereocenters. The Labute approximate surface area is 179 Å². The van der Waals surface area contributed by atoms with Crippen LogP contribution < -0.4 is 15.0 Å². The summed E-state index contributed by atoms with van der Waals surface area (Å²) in [6, 6.07) is 6.10. The van der Waals surface area contributed by atoms with Crippen LogP contribution in [0.15, 0.2) is 28.9 Å². The number of morpholine rings is 1. The topological polar surface area (TPSA) is 105 Å². The normalized spacial score (nSPS) is 20.5. The lowest BCUT2D eigenvalue weighted by Crippen LogP contribution is -2.38. The first-order valence-electron chi connectivity index (χ1n) is 9.74. The van der Waals surface area contributed by atoms with Crippen LogP contribution in [0.5, 0.6) is 5.75 Å². The number of anilines is 2. The van der Waals surface area contributed by atoms with Gasteiger partial charge in [-0.25, -0.2) is 4.98 Å². The summed E-state index contributed by atoms with van der Waals surface area (Å²) in [7, 11) is 1.65. The number of methoxy groups -OCH3 is 1. The number of aromatic nitrogens is 6. The number of imidazole rings is 1. The van der Waals surface area contributed by atoms with Crippen molar-refractivity contribution in [3.63, 3.8) is 0 Å². The second-order valence-electron chi connectivity index (χ2n) is 7.49. The minimum atomic E-state index is 0.270. The van der Waals surface area contributed by atoms with Gasteiger partial charge in [0.2, 0.25) is 11.9 Å². The van der Waals surface area contributed by atoms with E-state index in [1.807, 2.05) is 18.2 Å². The van der Waals surface area contributed by atoms with Crippen LogP contribution in [0.3, 0.4) is 0 Å². The third-order valence-electron chi connectivity index (χ3n) is 5.62. The largest absolute Gasteiger partial charge is 0.497 e. The zero-order valence-electron chi connectivity index (χ0n) is 16.2. The number of benzene rings is 1. The number of nitrogens with one attached hydrogen (secondary N) is 2. The van der Waals surface area contributed by atoms with Gasteiger partial charge in [0.15, 0.2) is 5.65 Å². The molecule has 0 amide bonds. The van der Waals surface area contributed by atoms with Gasteiger partial charge in [0.25, 0.3) is 0 Å². The maximum Gasteiger partial charge on any atom is 0.231 e. The maximum atomic E-state index is 5.72. The summed E-state index contributed by atoms with van der Waals surface area (Å²) < 4.78 is 13.5. The van der Waals surface area contributed by atoms with Crippen molar-refractivity contribution in [3.8, 4) is 5.75 Å². The average Bonchev–Trinajstić information content (AvgIpc) is 3.55. The Morgan fingerprint density at radius 1 is 1.33 bits per heavy atom. The van der Waals surface area contributed by atoms with Crippen molar-refractivity contribution in [1.29, 1.82) is 0 Å². The minimum absolute atomic E-state index is 0.270. The lowest BCUT2D eigenvalue weighted by atomic mass is 10.2. The standard InChI is InChI=1S/C19H19BrN8O2/c1-29-11-2-3-14-15(5-11)24-16(23-14)7-21-18-26-19(25-17-13(20)6-22-28(17)18)27-8-12-4-10(27)9-30-12/h2-3,5-6,10,12H,4,7-9H2,1H3,(H,23,24)(H,21,25,26)/t10-,12-/m1/s1. The van der Waals surface area contributed by atoms with Crippen LogP contribution in [0.2, 0.25) is 0 Å². The van der Waals surface area contributed by atoms with Gasteiger partial charge in [-0.1, -0.05) is 0 Å². The third-order valence-corrected chi connectivity index (χ3v) is 6.18. The summed E-state index contributed by atoms with van der Waals surface area (Å²) in [5.74, 6) is 2.89. The van der Waals surface area contributed by atoms with Crippen LogP contribution in [0.25, 0.3) is 16.7 Å². The molecular formula is C19H19BrN8O2. The van der Waals surface area contributed by atoms with Gasteiger partial charge in [-0.2, -0.15) is 19.6 Å². The summed E-state index contributed by atoms with van der Waals surface area (Å²) in [6.07, 6.45) is 3.03. The molecule has 2 bridgehead atoms. The number of ether oxygens (including phenoxy) is 2. The molecule has 154 valence electrons. The first-order valence-corrected chi connectivity index (χ1v) is 10.5. The monoisotopic (exact) mass is 470 g/mol. The summed E-state index contributed by atoms with van der Waals surface area (Å²) in [5, 5.41) is 7.76. The maximum absolute atomic E-state index is 5.72. The quantitative estimate of drug-likeness (QED) is 0.457.